The van der Waals surface area contributed by atoms with Crippen LogP contribution in [-0.2, 0) is 4.79 Å². The molecule has 0 bridgehead atoms. The molecule has 1 saturated heterocycles. The van der Waals surface area contributed by atoms with Crippen LogP contribution in [0.15, 0.2) is 42.0 Å². The zero-order valence-corrected chi connectivity index (χ0v) is 19.5. The van der Waals surface area contributed by atoms with Crippen LogP contribution in [0.3, 0.4) is 0 Å². The standard InChI is InChI=1S/C24H31NO3Si/c1-15-8-9-18(13-21(15)26)23-20(10-11-29(5,6)7)24(27)25(23)19-12-16(2)17(3)22(14-19)28-4/h8-10,12-14,23,26H,11H2,1-7H3/b20-10+/t23-/m0/s1. The van der Waals surface area contributed by atoms with E-state index in [1.165, 1.54) is 0 Å². The first-order valence-corrected chi connectivity index (χ1v) is 13.7. The van der Waals surface area contributed by atoms with Crippen LogP contribution in [0.25, 0.3) is 0 Å². The van der Waals surface area contributed by atoms with Gasteiger partial charge in [0.25, 0.3) is 5.91 Å². The molecule has 0 aromatic heterocycles. The van der Waals surface area contributed by atoms with E-state index >= 15 is 0 Å². The second-order valence-electron chi connectivity index (χ2n) is 9.14. The first-order valence-electron chi connectivity index (χ1n) is 10.0. The Kier molecular flexibility index (Phi) is 5.63. The van der Waals surface area contributed by atoms with Crippen molar-refractivity contribution in [2.24, 2.45) is 0 Å². The molecule has 0 unspecified atom stereocenters. The first kappa shape index (κ1) is 21.2. The lowest BCUT2D eigenvalue weighted by Gasteiger charge is -2.44. The lowest BCUT2D eigenvalue weighted by Crippen LogP contribution is -2.49. The Hall–Kier alpha value is -2.53. The number of amides is 1. The van der Waals surface area contributed by atoms with Gasteiger partial charge in [0.05, 0.1) is 13.2 Å². The van der Waals surface area contributed by atoms with E-state index in [1.54, 1.807) is 13.2 Å². The molecule has 1 amide bonds. The predicted molar refractivity (Wildman–Crippen MR) is 122 cm³/mol. The number of hydrogen-bond acceptors (Lipinski definition) is 3. The zero-order chi connectivity index (χ0) is 21.5. The third-order valence-electron chi connectivity index (χ3n) is 5.60. The highest BCUT2D eigenvalue weighted by atomic mass is 28.3. The van der Waals surface area contributed by atoms with Crippen molar-refractivity contribution in [3.63, 3.8) is 0 Å². The molecule has 0 radical (unpaired) electrons. The molecule has 0 aliphatic carbocycles. The van der Waals surface area contributed by atoms with E-state index in [0.717, 1.165) is 45.3 Å². The quantitative estimate of drug-likeness (QED) is 0.393. The van der Waals surface area contributed by atoms with Crippen molar-refractivity contribution < 1.29 is 14.6 Å². The van der Waals surface area contributed by atoms with Crippen molar-refractivity contribution in [3.05, 3.63) is 64.2 Å². The van der Waals surface area contributed by atoms with Crippen molar-refractivity contribution in [1.29, 1.82) is 0 Å². The second kappa shape index (κ2) is 7.71. The molecule has 1 aliphatic rings. The number of benzene rings is 2. The fourth-order valence-corrected chi connectivity index (χ4v) is 4.44. The molecule has 4 nitrogen and oxygen atoms in total. The van der Waals surface area contributed by atoms with E-state index in [2.05, 4.69) is 25.7 Å². The maximum Gasteiger partial charge on any atom is 0.257 e. The number of aryl methyl sites for hydroxylation is 2. The molecule has 2 aromatic rings. The van der Waals surface area contributed by atoms with Gasteiger partial charge < -0.3 is 9.84 Å². The Morgan fingerprint density at radius 3 is 2.38 bits per heavy atom. The number of anilines is 1. The Morgan fingerprint density at radius 1 is 1.10 bits per heavy atom. The van der Waals surface area contributed by atoms with Crippen molar-refractivity contribution in [1.82, 2.24) is 0 Å². The number of hydrogen-bond donors (Lipinski definition) is 1. The van der Waals surface area contributed by atoms with Gasteiger partial charge in [0.2, 0.25) is 0 Å². The number of carbonyl (C=O) groups excluding carboxylic acids is 1. The van der Waals surface area contributed by atoms with E-state index in [4.69, 9.17) is 4.74 Å². The number of phenolic OH excluding ortho intramolecular Hbond substituents is 1. The Labute approximate surface area is 174 Å². The summed E-state index contributed by atoms with van der Waals surface area (Å²) < 4.78 is 5.53. The van der Waals surface area contributed by atoms with Crippen LogP contribution in [0.4, 0.5) is 5.69 Å². The lowest BCUT2D eigenvalue weighted by molar-refractivity contribution is -0.119. The molecule has 2 aromatic carbocycles. The van der Waals surface area contributed by atoms with Gasteiger partial charge in [0.15, 0.2) is 0 Å². The predicted octanol–water partition coefficient (Wildman–Crippen LogP) is 5.68. The molecule has 1 heterocycles. The van der Waals surface area contributed by atoms with Gasteiger partial charge in [-0.2, -0.15) is 0 Å². The van der Waals surface area contributed by atoms with E-state index in [0.29, 0.717) is 0 Å². The number of nitrogens with zero attached hydrogens (tertiary/aromatic N) is 1. The summed E-state index contributed by atoms with van der Waals surface area (Å²) in [4.78, 5) is 15.0. The maximum absolute atomic E-state index is 13.2. The molecule has 0 spiro atoms. The smallest absolute Gasteiger partial charge is 0.257 e. The number of β-lactam (4-membered cyclic amide) rings is 1. The van der Waals surface area contributed by atoms with Gasteiger partial charge in [0.1, 0.15) is 11.5 Å². The molecule has 1 N–H and O–H groups in total. The third kappa shape index (κ3) is 4.10. The second-order valence-corrected chi connectivity index (χ2v) is 14.7. The summed E-state index contributed by atoms with van der Waals surface area (Å²) in [5.41, 5.74) is 5.54. The summed E-state index contributed by atoms with van der Waals surface area (Å²) in [6.45, 7) is 12.8. The molecule has 1 atom stereocenters. The Morgan fingerprint density at radius 2 is 1.79 bits per heavy atom. The summed E-state index contributed by atoms with van der Waals surface area (Å²) >= 11 is 0. The van der Waals surface area contributed by atoms with Gasteiger partial charge in [-0.25, -0.2) is 0 Å². The van der Waals surface area contributed by atoms with Gasteiger partial charge in [0, 0.05) is 25.4 Å². The van der Waals surface area contributed by atoms with Gasteiger partial charge in [-0.3, -0.25) is 9.69 Å². The van der Waals surface area contributed by atoms with Crippen molar-refractivity contribution in [3.8, 4) is 11.5 Å². The van der Waals surface area contributed by atoms with Crippen LogP contribution in [-0.4, -0.2) is 26.2 Å². The maximum atomic E-state index is 13.2. The van der Waals surface area contributed by atoms with Crippen molar-refractivity contribution in [2.45, 2.75) is 52.5 Å². The largest absolute Gasteiger partial charge is 0.508 e. The van der Waals surface area contributed by atoms with Gasteiger partial charge in [-0.15, -0.1) is 0 Å². The van der Waals surface area contributed by atoms with E-state index in [1.807, 2.05) is 49.9 Å². The topological polar surface area (TPSA) is 49.8 Å². The number of phenols is 1. The van der Waals surface area contributed by atoms with Crippen LogP contribution in [0, 0.1) is 20.8 Å². The molecule has 1 aliphatic heterocycles. The van der Waals surface area contributed by atoms with Crippen LogP contribution in [0.1, 0.15) is 28.3 Å². The summed E-state index contributed by atoms with van der Waals surface area (Å²) in [5, 5.41) is 10.3. The highest BCUT2D eigenvalue weighted by Crippen LogP contribution is 2.46. The molecular weight excluding hydrogens is 378 g/mol. The summed E-state index contributed by atoms with van der Waals surface area (Å²) in [7, 11) is 0.320. The molecule has 5 heteroatoms. The summed E-state index contributed by atoms with van der Waals surface area (Å²) in [6, 6.07) is 10.4. The minimum Gasteiger partial charge on any atom is -0.508 e. The molecule has 1 fully saturated rings. The van der Waals surface area contributed by atoms with E-state index in [9.17, 15) is 9.90 Å². The van der Waals surface area contributed by atoms with Crippen LogP contribution >= 0.6 is 0 Å². The number of ether oxygens (including phenoxy) is 1. The first-order chi connectivity index (χ1) is 13.5. The average Bonchev–Trinajstić information content (AvgIpc) is 2.63. The highest BCUT2D eigenvalue weighted by molar-refractivity contribution is 6.76. The Bertz CT molecular complexity index is 988. The molecule has 29 heavy (non-hydrogen) atoms. The zero-order valence-electron chi connectivity index (χ0n) is 18.5. The molecular formula is C24H31NO3Si. The fourth-order valence-electron chi connectivity index (χ4n) is 3.61. The van der Waals surface area contributed by atoms with Crippen LogP contribution in [0.5, 0.6) is 11.5 Å². The van der Waals surface area contributed by atoms with Gasteiger partial charge >= 0.3 is 0 Å². The normalized spacial score (nSPS) is 18.2. The third-order valence-corrected chi connectivity index (χ3v) is 7.03. The van der Waals surface area contributed by atoms with E-state index in [-0.39, 0.29) is 17.7 Å². The summed E-state index contributed by atoms with van der Waals surface area (Å²) in [5.74, 6) is 1.06. The molecule has 154 valence electrons. The molecule has 0 saturated carbocycles. The van der Waals surface area contributed by atoms with Gasteiger partial charge in [-0.05, 0) is 61.2 Å². The lowest BCUT2D eigenvalue weighted by atomic mass is 9.86. The van der Waals surface area contributed by atoms with Crippen molar-refractivity contribution >= 4 is 19.7 Å². The fraction of sp³-hybridized carbons (Fsp3) is 0.375. The number of rotatable bonds is 5. The van der Waals surface area contributed by atoms with E-state index < -0.39 is 8.07 Å². The highest BCUT2D eigenvalue weighted by Gasteiger charge is 2.44. The number of methoxy groups -OCH3 is 1. The Balaban J connectivity index is 2.09. The minimum atomic E-state index is -1.33. The number of carbonyl (C=O) groups is 1. The monoisotopic (exact) mass is 409 g/mol. The number of aromatic hydroxyl groups is 1. The van der Waals surface area contributed by atoms with Crippen LogP contribution < -0.4 is 9.64 Å². The SMILES string of the molecule is COc1cc(N2C(=O)/C(=C/C[Si](C)(C)C)[C@@H]2c2ccc(C)c(O)c2)cc(C)c1C. The number of allylic oxidation sites excluding steroid dienone is 1. The molecule has 3 rings (SSSR count). The minimum absolute atomic E-state index is 0.0265. The van der Waals surface area contributed by atoms with Gasteiger partial charge in [-0.1, -0.05) is 37.8 Å². The average molecular weight is 410 g/mol. The van der Waals surface area contributed by atoms with Crippen LogP contribution in [0.2, 0.25) is 25.7 Å². The summed E-state index contributed by atoms with van der Waals surface area (Å²) in [6.07, 6.45) is 2.12. The van der Waals surface area contributed by atoms with Crippen molar-refractivity contribution in [2.75, 3.05) is 12.0 Å².